The van der Waals surface area contributed by atoms with Crippen molar-refractivity contribution in [1.29, 1.82) is 0 Å². The van der Waals surface area contributed by atoms with E-state index in [1.807, 2.05) is 14.1 Å². The van der Waals surface area contributed by atoms with Gasteiger partial charge in [0.05, 0.1) is 5.60 Å². The SMILES string of the molecule is CC1CCC[C@](O)(c2cc(O)ccc2Cl)[C@H]1CN(C)C. The standard InChI is InChI=1S/C16H24ClNO2/c1-11-5-4-8-16(20,14(11)10-18(2)3)13-9-12(19)6-7-15(13)17/h6-7,9,11,14,19-20H,4-5,8,10H2,1-3H3/t11?,14-,16-/m0/s1. The van der Waals surface area contributed by atoms with Gasteiger partial charge in [-0.1, -0.05) is 24.9 Å². The lowest BCUT2D eigenvalue weighted by Gasteiger charge is -2.45. The highest BCUT2D eigenvalue weighted by atomic mass is 35.5. The third-order valence-electron chi connectivity index (χ3n) is 4.50. The number of benzene rings is 1. The third-order valence-corrected chi connectivity index (χ3v) is 4.83. The van der Waals surface area contributed by atoms with Gasteiger partial charge in [0.25, 0.3) is 0 Å². The zero-order valence-corrected chi connectivity index (χ0v) is 13.2. The first-order chi connectivity index (χ1) is 9.34. The van der Waals surface area contributed by atoms with E-state index in [-0.39, 0.29) is 11.7 Å². The summed E-state index contributed by atoms with van der Waals surface area (Å²) in [6, 6.07) is 4.83. The smallest absolute Gasteiger partial charge is 0.116 e. The maximum Gasteiger partial charge on any atom is 0.116 e. The number of hydrogen-bond donors (Lipinski definition) is 2. The van der Waals surface area contributed by atoms with Crippen molar-refractivity contribution in [2.24, 2.45) is 11.8 Å². The van der Waals surface area contributed by atoms with E-state index in [1.54, 1.807) is 18.2 Å². The first kappa shape index (κ1) is 15.6. The van der Waals surface area contributed by atoms with Crippen molar-refractivity contribution in [2.75, 3.05) is 20.6 Å². The van der Waals surface area contributed by atoms with E-state index >= 15 is 0 Å². The summed E-state index contributed by atoms with van der Waals surface area (Å²) < 4.78 is 0. The van der Waals surface area contributed by atoms with Crippen molar-refractivity contribution >= 4 is 11.6 Å². The largest absolute Gasteiger partial charge is 0.508 e. The van der Waals surface area contributed by atoms with Crippen LogP contribution in [0.2, 0.25) is 5.02 Å². The van der Waals surface area contributed by atoms with Gasteiger partial charge in [0.1, 0.15) is 5.75 Å². The van der Waals surface area contributed by atoms with E-state index in [0.29, 0.717) is 22.9 Å². The minimum Gasteiger partial charge on any atom is -0.508 e. The van der Waals surface area contributed by atoms with Gasteiger partial charge in [-0.15, -0.1) is 0 Å². The Morgan fingerprint density at radius 1 is 1.40 bits per heavy atom. The van der Waals surface area contributed by atoms with Gasteiger partial charge in [-0.2, -0.15) is 0 Å². The zero-order chi connectivity index (χ0) is 14.9. The van der Waals surface area contributed by atoms with Gasteiger partial charge in [-0.25, -0.2) is 0 Å². The molecule has 1 saturated carbocycles. The Morgan fingerprint density at radius 3 is 2.75 bits per heavy atom. The number of phenols is 1. The van der Waals surface area contributed by atoms with E-state index in [0.717, 1.165) is 19.4 Å². The zero-order valence-electron chi connectivity index (χ0n) is 12.4. The van der Waals surface area contributed by atoms with Crippen LogP contribution in [0.4, 0.5) is 0 Å². The van der Waals surface area contributed by atoms with E-state index in [9.17, 15) is 10.2 Å². The molecular weight excluding hydrogens is 274 g/mol. The van der Waals surface area contributed by atoms with Gasteiger partial charge in [0, 0.05) is 23.0 Å². The van der Waals surface area contributed by atoms with Crippen LogP contribution < -0.4 is 0 Å². The van der Waals surface area contributed by atoms with E-state index in [4.69, 9.17) is 11.6 Å². The Balaban J connectivity index is 2.44. The highest BCUT2D eigenvalue weighted by Gasteiger charge is 2.45. The lowest BCUT2D eigenvalue weighted by Crippen LogP contribution is -2.46. The van der Waals surface area contributed by atoms with Crippen LogP contribution in [-0.4, -0.2) is 35.8 Å². The van der Waals surface area contributed by atoms with Crippen molar-refractivity contribution in [3.8, 4) is 5.75 Å². The van der Waals surface area contributed by atoms with Crippen LogP contribution in [0.1, 0.15) is 31.7 Å². The van der Waals surface area contributed by atoms with Gasteiger partial charge in [-0.05, 0) is 51.1 Å². The summed E-state index contributed by atoms with van der Waals surface area (Å²) in [5, 5.41) is 21.6. The molecule has 0 radical (unpaired) electrons. The summed E-state index contributed by atoms with van der Waals surface area (Å²) in [7, 11) is 4.04. The lowest BCUT2D eigenvalue weighted by molar-refractivity contribution is -0.0841. The Labute approximate surface area is 126 Å². The molecule has 0 spiro atoms. The van der Waals surface area contributed by atoms with Crippen molar-refractivity contribution in [2.45, 2.75) is 31.8 Å². The normalized spacial score (nSPS) is 30.7. The maximum absolute atomic E-state index is 11.3. The predicted molar refractivity (Wildman–Crippen MR) is 82.1 cm³/mol. The van der Waals surface area contributed by atoms with Gasteiger partial charge >= 0.3 is 0 Å². The molecule has 0 aromatic heterocycles. The molecule has 0 heterocycles. The van der Waals surface area contributed by atoms with Crippen molar-refractivity contribution in [3.05, 3.63) is 28.8 Å². The summed E-state index contributed by atoms with van der Waals surface area (Å²) in [4.78, 5) is 2.11. The van der Waals surface area contributed by atoms with Crippen LogP contribution in [0.15, 0.2) is 18.2 Å². The van der Waals surface area contributed by atoms with Crippen molar-refractivity contribution < 1.29 is 10.2 Å². The number of aromatic hydroxyl groups is 1. The summed E-state index contributed by atoms with van der Waals surface area (Å²) in [6.45, 7) is 3.00. The molecule has 1 aliphatic rings. The topological polar surface area (TPSA) is 43.7 Å². The molecule has 1 aliphatic carbocycles. The summed E-state index contributed by atoms with van der Waals surface area (Å²) in [6.07, 6.45) is 2.80. The summed E-state index contributed by atoms with van der Waals surface area (Å²) in [5.41, 5.74) is -0.296. The number of rotatable bonds is 3. The Kier molecular flexibility index (Phi) is 4.62. The molecule has 2 N–H and O–H groups in total. The average Bonchev–Trinajstić information content (AvgIpc) is 2.37. The molecule has 1 aromatic carbocycles. The highest BCUT2D eigenvalue weighted by molar-refractivity contribution is 6.31. The number of aliphatic hydroxyl groups is 1. The maximum atomic E-state index is 11.3. The second-order valence-corrected chi connectivity index (χ2v) is 6.73. The molecule has 1 unspecified atom stereocenters. The fourth-order valence-corrected chi connectivity index (χ4v) is 3.74. The monoisotopic (exact) mass is 297 g/mol. The summed E-state index contributed by atoms with van der Waals surface area (Å²) in [5.74, 6) is 0.694. The Bertz CT molecular complexity index is 478. The molecule has 3 atom stereocenters. The van der Waals surface area contributed by atoms with Crippen LogP contribution in [-0.2, 0) is 5.60 Å². The van der Waals surface area contributed by atoms with Gasteiger partial charge in [0.2, 0.25) is 0 Å². The summed E-state index contributed by atoms with van der Waals surface area (Å²) >= 11 is 6.28. The van der Waals surface area contributed by atoms with Crippen molar-refractivity contribution in [1.82, 2.24) is 4.90 Å². The minimum absolute atomic E-state index is 0.116. The van der Waals surface area contributed by atoms with E-state index < -0.39 is 5.60 Å². The molecule has 0 aliphatic heterocycles. The first-order valence-corrected chi connectivity index (χ1v) is 7.58. The highest BCUT2D eigenvalue weighted by Crippen LogP contribution is 2.47. The molecule has 1 fully saturated rings. The van der Waals surface area contributed by atoms with Crippen molar-refractivity contribution in [3.63, 3.8) is 0 Å². The van der Waals surface area contributed by atoms with E-state index in [1.165, 1.54) is 0 Å². The molecule has 3 nitrogen and oxygen atoms in total. The number of hydrogen-bond acceptors (Lipinski definition) is 3. The second-order valence-electron chi connectivity index (χ2n) is 6.33. The minimum atomic E-state index is -0.961. The molecule has 0 saturated heterocycles. The molecule has 4 heteroatoms. The fraction of sp³-hybridized carbons (Fsp3) is 0.625. The number of phenolic OH excluding ortho intramolecular Hbond substituents is 1. The fourth-order valence-electron chi connectivity index (χ4n) is 3.45. The van der Waals surface area contributed by atoms with E-state index in [2.05, 4.69) is 11.8 Å². The van der Waals surface area contributed by atoms with Crippen LogP contribution in [0, 0.1) is 11.8 Å². The van der Waals surface area contributed by atoms with Crippen LogP contribution >= 0.6 is 11.6 Å². The number of nitrogens with zero attached hydrogens (tertiary/aromatic N) is 1. The first-order valence-electron chi connectivity index (χ1n) is 7.20. The van der Waals surface area contributed by atoms with Gasteiger partial charge < -0.3 is 15.1 Å². The predicted octanol–water partition coefficient (Wildman–Crippen LogP) is 3.23. The third kappa shape index (κ3) is 2.95. The molecule has 20 heavy (non-hydrogen) atoms. The van der Waals surface area contributed by atoms with Crippen LogP contribution in [0.5, 0.6) is 5.75 Å². The molecule has 0 amide bonds. The molecule has 0 bridgehead atoms. The van der Waals surface area contributed by atoms with Gasteiger partial charge in [0.15, 0.2) is 0 Å². The lowest BCUT2D eigenvalue weighted by atomic mass is 9.66. The Morgan fingerprint density at radius 2 is 2.10 bits per heavy atom. The van der Waals surface area contributed by atoms with Gasteiger partial charge in [-0.3, -0.25) is 0 Å². The second kappa shape index (κ2) is 5.92. The Hall–Kier alpha value is -0.770. The number of halogens is 1. The average molecular weight is 298 g/mol. The molecule has 1 aromatic rings. The van der Waals surface area contributed by atoms with Crippen LogP contribution in [0.3, 0.4) is 0 Å². The van der Waals surface area contributed by atoms with Crippen LogP contribution in [0.25, 0.3) is 0 Å². The molecular formula is C16H24ClNO2. The molecule has 112 valence electrons. The molecule has 2 rings (SSSR count). The quantitative estimate of drug-likeness (QED) is 0.900.